The zero-order valence-corrected chi connectivity index (χ0v) is 17.6. The van der Waals surface area contributed by atoms with Crippen LogP contribution in [0.3, 0.4) is 0 Å². The van der Waals surface area contributed by atoms with Crippen LogP contribution in [0.5, 0.6) is 11.5 Å². The van der Waals surface area contributed by atoms with Crippen molar-refractivity contribution < 1.29 is 32.5 Å². The SMILES string of the molecule is O=C(Nc1ccc(OC(F)(F)F)cc1)c1cccc2c1OCC(O)CN2c1ncccc1Cl. The molecule has 0 radical (unpaired) electrons. The minimum absolute atomic E-state index is 0.0677. The van der Waals surface area contributed by atoms with Crippen LogP contribution in [0.25, 0.3) is 0 Å². The molecule has 0 bridgehead atoms. The summed E-state index contributed by atoms with van der Waals surface area (Å²) in [4.78, 5) is 18.9. The van der Waals surface area contributed by atoms with Crippen molar-refractivity contribution in [3.63, 3.8) is 0 Å². The maximum atomic E-state index is 13.0. The van der Waals surface area contributed by atoms with Gasteiger partial charge in [-0.05, 0) is 48.5 Å². The zero-order chi connectivity index (χ0) is 23.6. The molecule has 4 rings (SSSR count). The Labute approximate surface area is 191 Å². The first kappa shape index (κ1) is 22.7. The van der Waals surface area contributed by atoms with E-state index in [0.717, 1.165) is 12.1 Å². The molecule has 33 heavy (non-hydrogen) atoms. The molecule has 1 unspecified atom stereocenters. The quantitative estimate of drug-likeness (QED) is 0.560. The maximum absolute atomic E-state index is 13.0. The van der Waals surface area contributed by atoms with Crippen molar-refractivity contribution in [3.05, 3.63) is 71.4 Å². The highest BCUT2D eigenvalue weighted by molar-refractivity contribution is 6.33. The van der Waals surface area contributed by atoms with Gasteiger partial charge in [-0.25, -0.2) is 4.98 Å². The van der Waals surface area contributed by atoms with Gasteiger partial charge in [0, 0.05) is 11.9 Å². The number of anilines is 3. The molecule has 2 N–H and O–H groups in total. The Balaban J connectivity index is 1.63. The number of aromatic nitrogens is 1. The number of benzene rings is 2. The molecule has 3 aromatic rings. The Morgan fingerprint density at radius 2 is 1.94 bits per heavy atom. The number of carbonyl (C=O) groups excluding carboxylic acids is 1. The summed E-state index contributed by atoms with van der Waals surface area (Å²) < 4.78 is 46.6. The number of nitrogens with zero attached hydrogens (tertiary/aromatic N) is 2. The number of hydrogen-bond acceptors (Lipinski definition) is 6. The summed E-state index contributed by atoms with van der Waals surface area (Å²) in [6, 6.07) is 13.0. The number of halogens is 4. The largest absolute Gasteiger partial charge is 0.573 e. The van der Waals surface area contributed by atoms with Gasteiger partial charge in [-0.2, -0.15) is 0 Å². The molecule has 1 aromatic heterocycles. The summed E-state index contributed by atoms with van der Waals surface area (Å²) in [6.45, 7) is 0.0667. The molecule has 0 saturated heterocycles. The number of nitrogens with one attached hydrogen (secondary N) is 1. The van der Waals surface area contributed by atoms with Crippen LogP contribution in [0, 0.1) is 0 Å². The molecule has 1 amide bonds. The topological polar surface area (TPSA) is 83.9 Å². The molecular formula is C22H17ClF3N3O4. The van der Waals surface area contributed by atoms with Gasteiger partial charge in [-0.15, -0.1) is 13.2 Å². The minimum Gasteiger partial charge on any atom is -0.488 e. The van der Waals surface area contributed by atoms with E-state index < -0.39 is 24.1 Å². The van der Waals surface area contributed by atoms with Gasteiger partial charge in [0.1, 0.15) is 18.5 Å². The van der Waals surface area contributed by atoms with Crippen LogP contribution in [0.1, 0.15) is 10.4 Å². The second-order valence-electron chi connectivity index (χ2n) is 7.06. The average molecular weight is 480 g/mol. The van der Waals surface area contributed by atoms with Crippen molar-refractivity contribution in [2.24, 2.45) is 0 Å². The van der Waals surface area contributed by atoms with Crippen LogP contribution in [0.2, 0.25) is 5.02 Å². The molecule has 11 heteroatoms. The molecular weight excluding hydrogens is 463 g/mol. The summed E-state index contributed by atoms with van der Waals surface area (Å²) in [7, 11) is 0. The second kappa shape index (κ2) is 9.16. The lowest BCUT2D eigenvalue weighted by Crippen LogP contribution is -2.30. The van der Waals surface area contributed by atoms with E-state index in [9.17, 15) is 23.1 Å². The predicted molar refractivity (Wildman–Crippen MR) is 115 cm³/mol. The molecule has 0 fully saturated rings. The first-order valence-corrected chi connectivity index (χ1v) is 10.1. The molecule has 7 nitrogen and oxygen atoms in total. The third kappa shape index (κ3) is 5.29. The normalized spacial score (nSPS) is 15.8. The van der Waals surface area contributed by atoms with E-state index in [1.807, 2.05) is 0 Å². The van der Waals surface area contributed by atoms with Crippen molar-refractivity contribution in [1.29, 1.82) is 0 Å². The second-order valence-corrected chi connectivity index (χ2v) is 7.47. The smallest absolute Gasteiger partial charge is 0.488 e. The van der Waals surface area contributed by atoms with Crippen molar-refractivity contribution in [2.45, 2.75) is 12.5 Å². The summed E-state index contributed by atoms with van der Waals surface area (Å²) >= 11 is 6.30. The van der Waals surface area contributed by atoms with Crippen LogP contribution in [0.4, 0.5) is 30.4 Å². The number of amides is 1. The van der Waals surface area contributed by atoms with Gasteiger partial charge in [-0.1, -0.05) is 17.7 Å². The first-order chi connectivity index (χ1) is 15.7. The lowest BCUT2D eigenvalue weighted by Gasteiger charge is -2.25. The molecule has 2 heterocycles. The molecule has 2 aromatic carbocycles. The van der Waals surface area contributed by atoms with Gasteiger partial charge in [-0.3, -0.25) is 4.79 Å². The number of aliphatic hydroxyl groups is 1. The van der Waals surface area contributed by atoms with E-state index in [-0.39, 0.29) is 30.2 Å². The van der Waals surface area contributed by atoms with E-state index in [0.29, 0.717) is 16.5 Å². The van der Waals surface area contributed by atoms with E-state index >= 15 is 0 Å². The Kier molecular flexibility index (Phi) is 6.30. The molecule has 0 saturated carbocycles. The molecule has 172 valence electrons. The fraction of sp³-hybridized carbons (Fsp3) is 0.182. The van der Waals surface area contributed by atoms with Crippen LogP contribution < -0.4 is 19.7 Å². The molecule has 0 aliphatic carbocycles. The van der Waals surface area contributed by atoms with Crippen LogP contribution in [-0.2, 0) is 0 Å². The summed E-state index contributed by atoms with van der Waals surface area (Å²) in [6.07, 6.45) is -4.13. The van der Waals surface area contributed by atoms with Crippen LogP contribution in [-0.4, -0.2) is 41.6 Å². The lowest BCUT2D eigenvalue weighted by atomic mass is 10.1. The van der Waals surface area contributed by atoms with Gasteiger partial charge in [0.25, 0.3) is 5.91 Å². The number of pyridine rings is 1. The Morgan fingerprint density at radius 3 is 2.64 bits per heavy atom. The number of aliphatic hydroxyl groups excluding tert-OH is 1. The van der Waals surface area contributed by atoms with E-state index in [2.05, 4.69) is 15.0 Å². The highest BCUT2D eigenvalue weighted by Crippen LogP contribution is 2.40. The first-order valence-electron chi connectivity index (χ1n) is 9.70. The highest BCUT2D eigenvalue weighted by Gasteiger charge is 2.31. The summed E-state index contributed by atoms with van der Waals surface area (Å²) in [5.41, 5.74) is 0.897. The number of β-amino-alcohol motifs (C(OH)–C–C–N with tert-alkyl or cyclic N) is 1. The van der Waals surface area contributed by atoms with Gasteiger partial charge in [0.15, 0.2) is 11.6 Å². The Morgan fingerprint density at radius 1 is 1.18 bits per heavy atom. The fourth-order valence-corrected chi connectivity index (χ4v) is 3.55. The highest BCUT2D eigenvalue weighted by atomic mass is 35.5. The van der Waals surface area contributed by atoms with Crippen molar-refractivity contribution >= 4 is 34.7 Å². The van der Waals surface area contributed by atoms with Crippen molar-refractivity contribution in [1.82, 2.24) is 4.98 Å². The maximum Gasteiger partial charge on any atom is 0.573 e. The summed E-state index contributed by atoms with van der Waals surface area (Å²) in [5.74, 6) is -0.359. The number of para-hydroxylation sites is 1. The van der Waals surface area contributed by atoms with Gasteiger partial charge < -0.3 is 24.8 Å². The molecule has 1 atom stereocenters. The number of fused-ring (bicyclic) bond motifs is 1. The van der Waals surface area contributed by atoms with Gasteiger partial charge >= 0.3 is 6.36 Å². The number of alkyl halides is 3. The molecule has 0 spiro atoms. The monoisotopic (exact) mass is 479 g/mol. The van der Waals surface area contributed by atoms with Crippen LogP contribution >= 0.6 is 11.6 Å². The standard InChI is InChI=1S/C22H17ClF3N3O4/c23-17-4-2-10-27-20(17)29-11-14(30)12-32-19-16(3-1-5-18(19)29)21(31)28-13-6-8-15(9-7-13)33-22(24,25)26/h1-10,14,30H,11-12H2,(H,28,31). The average Bonchev–Trinajstić information content (AvgIpc) is 2.93. The Hall–Kier alpha value is -3.50. The van der Waals surface area contributed by atoms with Crippen LogP contribution in [0.15, 0.2) is 60.8 Å². The number of carbonyl (C=O) groups is 1. The number of hydrogen-bond donors (Lipinski definition) is 2. The Bertz CT molecular complexity index is 1160. The predicted octanol–water partition coefficient (Wildman–Crippen LogP) is 4.78. The van der Waals surface area contributed by atoms with E-state index in [4.69, 9.17) is 16.3 Å². The molecule has 1 aliphatic heterocycles. The third-order valence-corrected chi connectivity index (χ3v) is 4.98. The summed E-state index contributed by atoms with van der Waals surface area (Å²) in [5, 5.41) is 13.3. The van der Waals surface area contributed by atoms with Crippen molar-refractivity contribution in [2.75, 3.05) is 23.4 Å². The minimum atomic E-state index is -4.81. The van der Waals surface area contributed by atoms with Gasteiger partial charge in [0.05, 0.1) is 22.8 Å². The number of ether oxygens (including phenoxy) is 2. The molecule has 1 aliphatic rings. The lowest BCUT2D eigenvalue weighted by molar-refractivity contribution is -0.274. The zero-order valence-electron chi connectivity index (χ0n) is 16.8. The third-order valence-electron chi connectivity index (χ3n) is 4.68. The van der Waals surface area contributed by atoms with E-state index in [1.54, 1.807) is 35.4 Å². The fourth-order valence-electron chi connectivity index (χ4n) is 3.32. The van der Waals surface area contributed by atoms with E-state index in [1.165, 1.54) is 18.2 Å². The number of rotatable bonds is 4. The van der Waals surface area contributed by atoms with Crippen molar-refractivity contribution in [3.8, 4) is 11.5 Å². The van der Waals surface area contributed by atoms with Gasteiger partial charge in [0.2, 0.25) is 0 Å².